The van der Waals surface area contributed by atoms with Crippen molar-refractivity contribution in [3.8, 4) is 0 Å². The molecular weight excluding hydrogens is 338 g/mol. The number of halogens is 3. The maximum atomic E-state index is 13.3. The summed E-state index contributed by atoms with van der Waals surface area (Å²) in [5, 5.41) is 3.12. The highest BCUT2D eigenvalue weighted by molar-refractivity contribution is 7.89. The monoisotopic (exact) mass is 356 g/mol. The summed E-state index contributed by atoms with van der Waals surface area (Å²) in [7, 11) is -1.89. The van der Waals surface area contributed by atoms with E-state index in [1.165, 1.54) is 10.4 Å². The van der Waals surface area contributed by atoms with E-state index in [0.29, 0.717) is 13.1 Å². The molecular formula is C13H19Cl2FN2O2S. The Morgan fingerprint density at radius 3 is 2.86 bits per heavy atom. The summed E-state index contributed by atoms with van der Waals surface area (Å²) in [4.78, 5) is -0.149. The minimum atomic E-state index is -3.73. The van der Waals surface area contributed by atoms with Crippen LogP contribution in [-0.4, -0.2) is 39.4 Å². The van der Waals surface area contributed by atoms with Crippen molar-refractivity contribution >= 4 is 34.0 Å². The van der Waals surface area contributed by atoms with E-state index in [4.69, 9.17) is 11.6 Å². The van der Waals surface area contributed by atoms with Crippen LogP contribution in [0.2, 0.25) is 5.02 Å². The third-order valence-electron chi connectivity index (χ3n) is 3.49. The van der Waals surface area contributed by atoms with Crippen molar-refractivity contribution in [2.45, 2.75) is 17.7 Å². The second kappa shape index (κ2) is 7.74. The van der Waals surface area contributed by atoms with E-state index in [0.717, 1.165) is 31.5 Å². The van der Waals surface area contributed by atoms with Gasteiger partial charge in [0.25, 0.3) is 0 Å². The molecule has 0 aliphatic carbocycles. The molecule has 120 valence electrons. The Labute approximate surface area is 136 Å². The first-order chi connectivity index (χ1) is 9.45. The maximum Gasteiger partial charge on any atom is 0.244 e. The lowest BCUT2D eigenvalue weighted by molar-refractivity contribution is 0.263. The number of nitrogens with zero attached hydrogens (tertiary/aromatic N) is 1. The topological polar surface area (TPSA) is 49.4 Å². The summed E-state index contributed by atoms with van der Waals surface area (Å²) in [6.07, 6.45) is 1.79. The highest BCUT2D eigenvalue weighted by atomic mass is 35.5. The van der Waals surface area contributed by atoms with Crippen LogP contribution >= 0.6 is 24.0 Å². The second-order valence-electron chi connectivity index (χ2n) is 5.00. The number of piperidine rings is 1. The molecule has 1 aliphatic rings. The molecule has 1 heterocycles. The lowest BCUT2D eigenvalue weighted by Gasteiger charge is -2.32. The number of benzene rings is 1. The van der Waals surface area contributed by atoms with Gasteiger partial charge >= 0.3 is 0 Å². The van der Waals surface area contributed by atoms with Crippen LogP contribution < -0.4 is 5.32 Å². The second-order valence-corrected chi connectivity index (χ2v) is 7.32. The Balaban J connectivity index is 0.00000220. The van der Waals surface area contributed by atoms with Crippen LogP contribution in [0.4, 0.5) is 4.39 Å². The molecule has 0 aromatic heterocycles. The van der Waals surface area contributed by atoms with Crippen molar-refractivity contribution < 1.29 is 12.8 Å². The van der Waals surface area contributed by atoms with Gasteiger partial charge in [-0.2, -0.15) is 4.31 Å². The first-order valence-electron chi connectivity index (χ1n) is 6.55. The van der Waals surface area contributed by atoms with Crippen molar-refractivity contribution in [1.29, 1.82) is 0 Å². The van der Waals surface area contributed by atoms with Crippen LogP contribution in [0.5, 0.6) is 0 Å². The van der Waals surface area contributed by atoms with Gasteiger partial charge in [-0.15, -0.1) is 12.4 Å². The predicted octanol–water partition coefficient (Wildman–Crippen LogP) is 2.52. The highest BCUT2D eigenvalue weighted by Gasteiger charge is 2.31. The van der Waals surface area contributed by atoms with Gasteiger partial charge in [-0.3, -0.25) is 0 Å². The fourth-order valence-corrected chi connectivity index (χ4v) is 4.56. The Hall–Kier alpha value is -0.400. The summed E-state index contributed by atoms with van der Waals surface area (Å²) >= 11 is 5.91. The average Bonchev–Trinajstić information content (AvgIpc) is 2.42. The third-order valence-corrected chi connectivity index (χ3v) is 5.83. The molecule has 0 radical (unpaired) electrons. The molecule has 1 aromatic rings. The van der Waals surface area contributed by atoms with Crippen molar-refractivity contribution in [3.63, 3.8) is 0 Å². The molecule has 21 heavy (non-hydrogen) atoms. The molecule has 0 bridgehead atoms. The normalized spacial score (nSPS) is 20.0. The fourth-order valence-electron chi connectivity index (χ4n) is 2.51. The molecule has 2 rings (SSSR count). The number of rotatable bonds is 4. The third kappa shape index (κ3) is 4.29. The van der Waals surface area contributed by atoms with E-state index in [2.05, 4.69) is 5.32 Å². The van der Waals surface area contributed by atoms with Crippen molar-refractivity contribution in [2.75, 3.05) is 26.7 Å². The molecule has 1 saturated heterocycles. The molecule has 1 N–H and O–H groups in total. The molecule has 1 unspecified atom stereocenters. The molecule has 8 heteroatoms. The molecule has 1 aliphatic heterocycles. The van der Waals surface area contributed by atoms with Crippen LogP contribution in [0.25, 0.3) is 0 Å². The van der Waals surface area contributed by atoms with Gasteiger partial charge in [0.15, 0.2) is 0 Å². The van der Waals surface area contributed by atoms with Gasteiger partial charge in [0.05, 0.1) is 5.02 Å². The summed E-state index contributed by atoms with van der Waals surface area (Å²) in [5.74, 6) is -0.326. The number of sulfonamides is 1. The van der Waals surface area contributed by atoms with Crippen LogP contribution in [0.15, 0.2) is 23.1 Å². The van der Waals surface area contributed by atoms with Crippen LogP contribution in [-0.2, 0) is 10.0 Å². The van der Waals surface area contributed by atoms with Crippen LogP contribution in [0.3, 0.4) is 0 Å². The summed E-state index contributed by atoms with van der Waals surface area (Å²) < 4.78 is 39.8. The van der Waals surface area contributed by atoms with Crippen molar-refractivity contribution in [1.82, 2.24) is 9.62 Å². The zero-order valence-electron chi connectivity index (χ0n) is 11.7. The van der Waals surface area contributed by atoms with Gasteiger partial charge in [-0.25, -0.2) is 12.8 Å². The van der Waals surface area contributed by atoms with Crippen LogP contribution in [0, 0.1) is 11.7 Å². The van der Waals surface area contributed by atoms with Gasteiger partial charge in [-0.05, 0) is 50.6 Å². The molecule has 1 atom stereocenters. The lowest BCUT2D eigenvalue weighted by atomic mass is 10.00. The summed E-state index contributed by atoms with van der Waals surface area (Å²) in [5.41, 5.74) is 0. The zero-order valence-corrected chi connectivity index (χ0v) is 14.1. The average molecular weight is 357 g/mol. The SMILES string of the molecule is CNCC1CCCN(S(=O)(=O)c2cc(F)ccc2Cl)C1.Cl. The minimum absolute atomic E-state index is 0. The smallest absolute Gasteiger partial charge is 0.244 e. The van der Waals surface area contributed by atoms with Crippen LogP contribution in [0.1, 0.15) is 12.8 Å². The van der Waals surface area contributed by atoms with E-state index < -0.39 is 15.8 Å². The van der Waals surface area contributed by atoms with Gasteiger partial charge in [0.1, 0.15) is 10.7 Å². The van der Waals surface area contributed by atoms with Gasteiger partial charge in [-0.1, -0.05) is 11.6 Å². The minimum Gasteiger partial charge on any atom is -0.319 e. The van der Waals surface area contributed by atoms with Crippen molar-refractivity contribution in [2.24, 2.45) is 5.92 Å². The molecule has 0 saturated carbocycles. The van der Waals surface area contributed by atoms with E-state index in [1.54, 1.807) is 0 Å². The standard InChI is InChI=1S/C13H18ClFN2O2S.ClH/c1-16-8-10-3-2-6-17(9-10)20(18,19)13-7-11(15)4-5-12(13)14;/h4-5,7,10,16H,2-3,6,8-9H2,1H3;1H. The van der Waals surface area contributed by atoms with E-state index in [9.17, 15) is 12.8 Å². The number of nitrogens with one attached hydrogen (secondary N) is 1. The Kier molecular flexibility index (Phi) is 6.87. The molecule has 4 nitrogen and oxygen atoms in total. The maximum absolute atomic E-state index is 13.3. The molecule has 0 spiro atoms. The zero-order chi connectivity index (χ0) is 14.8. The molecule has 1 fully saturated rings. The fraction of sp³-hybridized carbons (Fsp3) is 0.538. The molecule has 0 amide bonds. The number of hydrogen-bond acceptors (Lipinski definition) is 3. The van der Waals surface area contributed by atoms with E-state index in [1.807, 2.05) is 7.05 Å². The Morgan fingerprint density at radius 2 is 2.19 bits per heavy atom. The lowest BCUT2D eigenvalue weighted by Crippen LogP contribution is -2.42. The summed E-state index contributed by atoms with van der Waals surface area (Å²) in [6.45, 7) is 1.66. The number of hydrogen-bond donors (Lipinski definition) is 1. The quantitative estimate of drug-likeness (QED) is 0.901. The van der Waals surface area contributed by atoms with Gasteiger partial charge in [0, 0.05) is 13.1 Å². The largest absolute Gasteiger partial charge is 0.319 e. The van der Waals surface area contributed by atoms with E-state index in [-0.39, 0.29) is 28.2 Å². The summed E-state index contributed by atoms with van der Waals surface area (Å²) in [6, 6.07) is 3.42. The van der Waals surface area contributed by atoms with E-state index >= 15 is 0 Å². The Bertz CT molecular complexity index is 582. The molecule has 1 aromatic carbocycles. The first kappa shape index (κ1) is 18.6. The van der Waals surface area contributed by atoms with Crippen molar-refractivity contribution in [3.05, 3.63) is 29.0 Å². The first-order valence-corrected chi connectivity index (χ1v) is 8.36. The Morgan fingerprint density at radius 1 is 1.48 bits per heavy atom. The van der Waals surface area contributed by atoms with Gasteiger partial charge < -0.3 is 5.32 Å². The highest BCUT2D eigenvalue weighted by Crippen LogP contribution is 2.28. The van der Waals surface area contributed by atoms with Gasteiger partial charge in [0.2, 0.25) is 10.0 Å². The predicted molar refractivity (Wildman–Crippen MR) is 84.1 cm³/mol.